The predicted octanol–water partition coefficient (Wildman–Crippen LogP) is -1.85. The number of rotatable bonds is 15. The van der Waals surface area contributed by atoms with Crippen molar-refractivity contribution in [2.45, 2.75) is 43.8 Å². The molecular formula is C23H35N7O14. The topological polar surface area (TPSA) is 366 Å². The van der Waals surface area contributed by atoms with Crippen LogP contribution in [0.1, 0.15) is 12.5 Å². The van der Waals surface area contributed by atoms with E-state index in [-0.39, 0.29) is 5.97 Å². The van der Waals surface area contributed by atoms with Gasteiger partial charge in [-0.05, 0) is 18.9 Å². The second-order valence-electron chi connectivity index (χ2n) is 8.06. The van der Waals surface area contributed by atoms with Crippen molar-refractivity contribution in [3.63, 3.8) is 0 Å². The molecular weight excluding hydrogens is 598 g/mol. The first-order chi connectivity index (χ1) is 20.6. The molecule has 44 heavy (non-hydrogen) atoms. The molecule has 0 spiro atoms. The third kappa shape index (κ3) is 17.2. The van der Waals surface area contributed by atoms with Crippen molar-refractivity contribution in [2.75, 3.05) is 19.8 Å². The highest BCUT2D eigenvalue weighted by Gasteiger charge is 2.45. The van der Waals surface area contributed by atoms with Gasteiger partial charge >= 0.3 is 42.5 Å². The summed E-state index contributed by atoms with van der Waals surface area (Å²) in [7, 11) is 0. The fourth-order valence-corrected chi connectivity index (χ4v) is 3.20. The lowest BCUT2D eigenvalue weighted by atomic mass is 10.0. The zero-order chi connectivity index (χ0) is 33.8. The Hall–Kier alpha value is -5.73. The van der Waals surface area contributed by atoms with Crippen LogP contribution in [0.5, 0.6) is 0 Å². The molecule has 1 aromatic rings. The lowest BCUT2D eigenvalue weighted by Gasteiger charge is -2.34. The third-order valence-electron chi connectivity index (χ3n) is 4.76. The molecule has 5 atom stereocenters. The largest absolute Gasteiger partial charge is 0.465 e. The summed E-state index contributed by atoms with van der Waals surface area (Å²) in [5.74, 6) is -0.337. The van der Waals surface area contributed by atoms with Gasteiger partial charge in [0, 0.05) is 0 Å². The van der Waals surface area contributed by atoms with E-state index in [1.54, 1.807) is 6.92 Å². The summed E-state index contributed by atoms with van der Waals surface area (Å²) in [6, 6.07) is 9.11. The van der Waals surface area contributed by atoms with Crippen molar-refractivity contribution in [3.8, 4) is 0 Å². The number of nitrogens with two attached hydrogens (primary N) is 7. The summed E-state index contributed by atoms with van der Waals surface area (Å²) in [4.78, 5) is 78.0. The number of benzene rings is 1. The highest BCUT2D eigenvalue weighted by atomic mass is 16.7. The second-order valence-corrected chi connectivity index (χ2v) is 8.06. The maximum Gasteiger partial charge on any atom is 0.405 e. The molecule has 1 aromatic carbocycles. The van der Waals surface area contributed by atoms with Crippen LogP contribution in [0.15, 0.2) is 30.3 Å². The van der Waals surface area contributed by atoms with Gasteiger partial charge < -0.3 is 73.3 Å². The number of hydrogen-bond donors (Lipinski definition) is 7. The highest BCUT2D eigenvalue weighted by Crippen LogP contribution is 2.20. The molecule has 6 amide bonds. The molecule has 5 unspecified atom stereocenters. The van der Waals surface area contributed by atoms with Gasteiger partial charge in [-0.2, -0.15) is 0 Å². The standard InChI is InChI=1S/C12H20N6O12.C11H15NO2/c13-7(19)25-1-3(27-9(15)21)5(29-11(17)23)6(30-12(18)24)4(28-10(16)22)2-26-8(14)20;1-2-14-11(13)10(12)8-9-6-4-3-5-7-9/h3-6H,1-2H2,(H2,13,19)(H2,14,20)(H2,15,21)(H2,16,22)(H2,17,23)(H2,18,24);3-7,10H,2,8,12H2,1H3. The first-order valence-corrected chi connectivity index (χ1v) is 12.2. The van der Waals surface area contributed by atoms with Crippen molar-refractivity contribution in [2.24, 2.45) is 40.1 Å². The van der Waals surface area contributed by atoms with Gasteiger partial charge in [-0.25, -0.2) is 28.8 Å². The second kappa shape index (κ2) is 20.2. The molecule has 0 fully saturated rings. The van der Waals surface area contributed by atoms with E-state index in [1.807, 2.05) is 30.3 Å². The molecule has 246 valence electrons. The molecule has 0 saturated carbocycles. The van der Waals surface area contributed by atoms with E-state index < -0.39 is 80.2 Å². The molecule has 21 heteroatoms. The van der Waals surface area contributed by atoms with E-state index in [2.05, 4.69) is 18.9 Å². The maximum atomic E-state index is 11.3. The van der Waals surface area contributed by atoms with Gasteiger partial charge in [0.15, 0.2) is 24.4 Å². The molecule has 0 aromatic heterocycles. The molecule has 14 N–H and O–H groups in total. The summed E-state index contributed by atoms with van der Waals surface area (Å²) in [6.07, 6.45) is -16.0. The number of hydrogen-bond acceptors (Lipinski definition) is 15. The zero-order valence-corrected chi connectivity index (χ0v) is 23.4. The van der Waals surface area contributed by atoms with Crippen molar-refractivity contribution in [3.05, 3.63) is 35.9 Å². The van der Waals surface area contributed by atoms with Gasteiger partial charge in [0.2, 0.25) is 0 Å². The maximum absolute atomic E-state index is 11.3. The van der Waals surface area contributed by atoms with Gasteiger partial charge in [0.1, 0.15) is 19.3 Å². The molecule has 0 saturated heterocycles. The average molecular weight is 634 g/mol. The Morgan fingerprint density at radius 3 is 1.30 bits per heavy atom. The number of carbonyl (C=O) groups excluding carboxylic acids is 7. The van der Waals surface area contributed by atoms with Crippen LogP contribution in [0.25, 0.3) is 0 Å². The van der Waals surface area contributed by atoms with Crippen molar-refractivity contribution in [1.29, 1.82) is 0 Å². The van der Waals surface area contributed by atoms with Crippen LogP contribution >= 0.6 is 0 Å². The van der Waals surface area contributed by atoms with Crippen LogP contribution < -0.4 is 40.1 Å². The van der Waals surface area contributed by atoms with Gasteiger partial charge in [-0.1, -0.05) is 30.3 Å². The molecule has 0 heterocycles. The minimum atomic E-state index is -2.01. The van der Waals surface area contributed by atoms with E-state index in [0.717, 1.165) is 5.56 Å². The lowest BCUT2D eigenvalue weighted by molar-refractivity contribution is -0.144. The van der Waals surface area contributed by atoms with Gasteiger partial charge in [-0.3, -0.25) is 4.79 Å². The van der Waals surface area contributed by atoms with Crippen LogP contribution in [0.2, 0.25) is 0 Å². The minimum absolute atomic E-state index is 0.337. The first-order valence-electron chi connectivity index (χ1n) is 12.2. The first kappa shape index (κ1) is 38.3. The summed E-state index contributed by atoms with van der Waals surface area (Å²) < 4.78 is 32.4. The highest BCUT2D eigenvalue weighted by molar-refractivity contribution is 5.75. The normalized spacial score (nSPS) is 13.4. The quantitative estimate of drug-likeness (QED) is 0.0823. The van der Waals surface area contributed by atoms with E-state index in [9.17, 15) is 33.6 Å². The fourth-order valence-electron chi connectivity index (χ4n) is 3.20. The van der Waals surface area contributed by atoms with Gasteiger partial charge in [-0.15, -0.1) is 0 Å². The van der Waals surface area contributed by atoms with E-state index in [0.29, 0.717) is 13.0 Å². The summed E-state index contributed by atoms with van der Waals surface area (Å²) in [5, 5.41) is 0. The van der Waals surface area contributed by atoms with E-state index in [1.165, 1.54) is 0 Å². The smallest absolute Gasteiger partial charge is 0.405 e. The number of primary amides is 6. The van der Waals surface area contributed by atoms with Gasteiger partial charge in [0.05, 0.1) is 6.61 Å². The Morgan fingerprint density at radius 1 is 0.591 bits per heavy atom. The minimum Gasteiger partial charge on any atom is -0.465 e. The molecule has 0 aliphatic rings. The lowest BCUT2D eigenvalue weighted by Crippen LogP contribution is -2.56. The van der Waals surface area contributed by atoms with Crippen LogP contribution in [-0.2, 0) is 44.4 Å². The molecule has 0 radical (unpaired) electrons. The Morgan fingerprint density at radius 2 is 0.977 bits per heavy atom. The predicted molar refractivity (Wildman–Crippen MR) is 144 cm³/mol. The number of carbonyl (C=O) groups is 7. The van der Waals surface area contributed by atoms with Crippen molar-refractivity contribution < 1.29 is 66.7 Å². The van der Waals surface area contributed by atoms with E-state index in [4.69, 9.17) is 54.3 Å². The molecule has 21 nitrogen and oxygen atoms in total. The molecule has 0 aliphatic carbocycles. The van der Waals surface area contributed by atoms with Crippen LogP contribution in [0.4, 0.5) is 28.8 Å². The Bertz CT molecular complexity index is 1070. The average Bonchev–Trinajstić information content (AvgIpc) is 2.91. The van der Waals surface area contributed by atoms with Crippen LogP contribution in [0.3, 0.4) is 0 Å². The molecule has 1 rings (SSSR count). The van der Waals surface area contributed by atoms with Crippen molar-refractivity contribution in [1.82, 2.24) is 0 Å². The summed E-state index contributed by atoms with van der Waals surface area (Å²) >= 11 is 0. The third-order valence-corrected chi connectivity index (χ3v) is 4.76. The fraction of sp³-hybridized carbons (Fsp3) is 0.435. The Kier molecular flexibility index (Phi) is 17.6. The van der Waals surface area contributed by atoms with Crippen molar-refractivity contribution >= 4 is 42.5 Å². The number of esters is 1. The zero-order valence-electron chi connectivity index (χ0n) is 23.4. The van der Waals surface area contributed by atoms with Crippen LogP contribution in [-0.4, -0.2) is 92.8 Å². The summed E-state index contributed by atoms with van der Waals surface area (Å²) in [6.45, 7) is 0.304. The Labute approximate surface area is 249 Å². The van der Waals surface area contributed by atoms with Gasteiger partial charge in [0.25, 0.3) is 0 Å². The number of amides is 6. The van der Waals surface area contributed by atoms with E-state index >= 15 is 0 Å². The SMILES string of the molecule is CCOC(=O)C(N)Cc1ccccc1.NC(=O)OCC(OC(N)=O)C(OC(N)=O)C(OC(N)=O)C(COC(N)=O)OC(N)=O. The Balaban J connectivity index is 0.00000109. The summed E-state index contributed by atoms with van der Waals surface area (Å²) in [5.41, 5.74) is 36.0. The number of ether oxygens (including phenoxy) is 7. The molecule has 0 aliphatic heterocycles. The molecule has 0 bridgehead atoms. The monoisotopic (exact) mass is 633 g/mol. The van der Waals surface area contributed by atoms with Crippen LogP contribution in [0, 0.1) is 0 Å².